The SMILES string of the molecule is CCCCn1c(O)c(C(N)=O)c(-c2ccccc2)cc1=O. The summed E-state index contributed by atoms with van der Waals surface area (Å²) in [5.41, 5.74) is 6.05. The van der Waals surface area contributed by atoms with Crippen LogP contribution in [0.4, 0.5) is 0 Å². The zero-order valence-electron chi connectivity index (χ0n) is 11.9. The van der Waals surface area contributed by atoms with Gasteiger partial charge in [0.15, 0.2) is 0 Å². The summed E-state index contributed by atoms with van der Waals surface area (Å²) in [4.78, 5) is 23.9. The van der Waals surface area contributed by atoms with Gasteiger partial charge in [-0.25, -0.2) is 0 Å². The van der Waals surface area contributed by atoms with Crippen LogP contribution in [0.1, 0.15) is 30.1 Å². The van der Waals surface area contributed by atoms with Gasteiger partial charge in [0.05, 0.1) is 0 Å². The first-order chi connectivity index (χ1) is 10.1. The fraction of sp³-hybridized carbons (Fsp3) is 0.250. The molecule has 0 aliphatic rings. The van der Waals surface area contributed by atoms with E-state index in [1.165, 1.54) is 10.6 Å². The van der Waals surface area contributed by atoms with Gasteiger partial charge in [-0.1, -0.05) is 43.7 Å². The van der Waals surface area contributed by atoms with Gasteiger partial charge in [-0.15, -0.1) is 0 Å². The van der Waals surface area contributed by atoms with Gasteiger partial charge in [0.2, 0.25) is 5.88 Å². The molecule has 21 heavy (non-hydrogen) atoms. The summed E-state index contributed by atoms with van der Waals surface area (Å²) in [7, 11) is 0. The second-order valence-corrected chi connectivity index (χ2v) is 4.83. The number of unbranched alkanes of at least 4 members (excludes halogenated alkanes) is 1. The van der Waals surface area contributed by atoms with E-state index in [0.717, 1.165) is 12.8 Å². The van der Waals surface area contributed by atoms with Crippen molar-refractivity contribution in [3.05, 3.63) is 52.3 Å². The summed E-state index contributed by atoms with van der Waals surface area (Å²) < 4.78 is 1.19. The predicted octanol–water partition coefficient (Wildman–Crippen LogP) is 2.12. The number of pyridine rings is 1. The molecule has 0 aliphatic heterocycles. The van der Waals surface area contributed by atoms with Gasteiger partial charge in [0.1, 0.15) is 5.56 Å². The van der Waals surface area contributed by atoms with E-state index < -0.39 is 5.91 Å². The molecule has 0 saturated heterocycles. The Hall–Kier alpha value is -2.56. The number of nitrogens with two attached hydrogens (primary N) is 1. The van der Waals surface area contributed by atoms with E-state index in [0.29, 0.717) is 17.7 Å². The Morgan fingerprint density at radius 3 is 2.52 bits per heavy atom. The third kappa shape index (κ3) is 2.97. The maximum atomic E-state index is 12.2. The molecule has 0 fully saturated rings. The minimum absolute atomic E-state index is 0.0168. The lowest BCUT2D eigenvalue weighted by molar-refractivity contribution is 0.0996. The molecule has 2 rings (SSSR count). The van der Waals surface area contributed by atoms with E-state index in [1.807, 2.05) is 13.0 Å². The van der Waals surface area contributed by atoms with Crippen LogP contribution in [-0.2, 0) is 6.54 Å². The van der Waals surface area contributed by atoms with Gasteiger partial charge in [0.25, 0.3) is 11.5 Å². The number of nitrogens with zero attached hydrogens (tertiary/aromatic N) is 1. The average Bonchev–Trinajstić information content (AvgIpc) is 2.47. The maximum absolute atomic E-state index is 12.2. The smallest absolute Gasteiger partial charge is 0.254 e. The van der Waals surface area contributed by atoms with E-state index in [4.69, 9.17) is 5.73 Å². The van der Waals surface area contributed by atoms with Crippen molar-refractivity contribution in [3.63, 3.8) is 0 Å². The van der Waals surface area contributed by atoms with Gasteiger partial charge >= 0.3 is 0 Å². The van der Waals surface area contributed by atoms with Gasteiger partial charge in [-0.2, -0.15) is 0 Å². The summed E-state index contributed by atoms with van der Waals surface area (Å²) in [5, 5.41) is 10.3. The van der Waals surface area contributed by atoms with Crippen LogP contribution in [-0.4, -0.2) is 15.6 Å². The van der Waals surface area contributed by atoms with E-state index in [2.05, 4.69) is 0 Å². The Morgan fingerprint density at radius 1 is 1.29 bits per heavy atom. The fourth-order valence-electron chi connectivity index (χ4n) is 2.25. The highest BCUT2D eigenvalue weighted by atomic mass is 16.3. The van der Waals surface area contributed by atoms with Gasteiger partial charge in [0, 0.05) is 18.2 Å². The van der Waals surface area contributed by atoms with Gasteiger partial charge in [-0.3, -0.25) is 14.2 Å². The highest BCUT2D eigenvalue weighted by Gasteiger charge is 2.20. The molecule has 3 N–H and O–H groups in total. The molecule has 0 spiro atoms. The lowest BCUT2D eigenvalue weighted by Gasteiger charge is -2.14. The van der Waals surface area contributed by atoms with Crippen LogP contribution in [0.25, 0.3) is 11.1 Å². The summed E-state index contributed by atoms with van der Waals surface area (Å²) >= 11 is 0. The van der Waals surface area contributed by atoms with Crippen LogP contribution in [0.5, 0.6) is 5.88 Å². The molecule has 1 heterocycles. The third-order valence-electron chi connectivity index (χ3n) is 3.35. The summed E-state index contributed by atoms with van der Waals surface area (Å²) in [6.45, 7) is 2.34. The molecule has 0 radical (unpaired) electrons. The molecular formula is C16H18N2O3. The molecule has 110 valence electrons. The highest BCUT2D eigenvalue weighted by molar-refractivity contribution is 6.01. The number of hydrogen-bond acceptors (Lipinski definition) is 3. The lowest BCUT2D eigenvalue weighted by Crippen LogP contribution is -2.24. The monoisotopic (exact) mass is 286 g/mol. The standard InChI is InChI=1S/C16H18N2O3/c1-2-3-9-18-13(19)10-12(11-7-5-4-6-8-11)14(15(17)20)16(18)21/h4-8,10,21H,2-3,9H2,1H3,(H2,17,20). The molecule has 0 aliphatic carbocycles. The van der Waals surface area contributed by atoms with E-state index in [9.17, 15) is 14.7 Å². The van der Waals surface area contributed by atoms with Crippen molar-refractivity contribution in [2.75, 3.05) is 0 Å². The van der Waals surface area contributed by atoms with Crippen LogP contribution >= 0.6 is 0 Å². The largest absolute Gasteiger partial charge is 0.494 e. The molecule has 0 atom stereocenters. The molecule has 2 aromatic rings. The minimum Gasteiger partial charge on any atom is -0.494 e. The lowest BCUT2D eigenvalue weighted by atomic mass is 10.0. The Labute approximate surface area is 122 Å². The normalized spacial score (nSPS) is 10.5. The number of rotatable bonds is 5. The quantitative estimate of drug-likeness (QED) is 0.882. The third-order valence-corrected chi connectivity index (χ3v) is 3.35. The van der Waals surface area contributed by atoms with Gasteiger partial charge in [-0.05, 0) is 12.0 Å². The van der Waals surface area contributed by atoms with Crippen LogP contribution in [0.3, 0.4) is 0 Å². The highest BCUT2D eigenvalue weighted by Crippen LogP contribution is 2.28. The first-order valence-corrected chi connectivity index (χ1v) is 6.88. The second-order valence-electron chi connectivity index (χ2n) is 4.83. The maximum Gasteiger partial charge on any atom is 0.254 e. The van der Waals surface area contributed by atoms with Gasteiger partial charge < -0.3 is 10.8 Å². The van der Waals surface area contributed by atoms with Crippen molar-refractivity contribution in [2.24, 2.45) is 5.73 Å². The van der Waals surface area contributed by atoms with E-state index >= 15 is 0 Å². The Kier molecular flexibility index (Phi) is 4.42. The Morgan fingerprint density at radius 2 is 1.95 bits per heavy atom. The fourth-order valence-corrected chi connectivity index (χ4v) is 2.25. The Bertz CT molecular complexity index is 705. The first kappa shape index (κ1) is 14.8. The number of hydrogen-bond donors (Lipinski definition) is 2. The van der Waals surface area contributed by atoms with Crippen LogP contribution in [0, 0.1) is 0 Å². The van der Waals surface area contributed by atoms with Crippen LogP contribution < -0.4 is 11.3 Å². The number of amides is 1. The van der Waals surface area contributed by atoms with Crippen molar-refractivity contribution in [1.82, 2.24) is 4.57 Å². The summed E-state index contributed by atoms with van der Waals surface area (Å²) in [6, 6.07) is 10.3. The molecule has 0 unspecified atom stereocenters. The number of benzene rings is 1. The molecule has 5 heteroatoms. The molecule has 0 bridgehead atoms. The number of aromatic nitrogens is 1. The van der Waals surface area contributed by atoms with Crippen molar-refractivity contribution in [3.8, 4) is 17.0 Å². The topological polar surface area (TPSA) is 85.3 Å². The average molecular weight is 286 g/mol. The second kappa shape index (κ2) is 6.26. The van der Waals surface area contributed by atoms with Crippen molar-refractivity contribution in [2.45, 2.75) is 26.3 Å². The first-order valence-electron chi connectivity index (χ1n) is 6.88. The molecular weight excluding hydrogens is 268 g/mol. The van der Waals surface area contributed by atoms with Crippen molar-refractivity contribution in [1.29, 1.82) is 0 Å². The molecule has 1 amide bonds. The summed E-state index contributed by atoms with van der Waals surface area (Å²) in [6.07, 6.45) is 1.61. The summed E-state index contributed by atoms with van der Waals surface area (Å²) in [5.74, 6) is -1.11. The molecule has 1 aromatic heterocycles. The van der Waals surface area contributed by atoms with Crippen molar-refractivity contribution >= 4 is 5.91 Å². The predicted molar refractivity (Wildman–Crippen MR) is 81.2 cm³/mol. The number of primary amides is 1. The number of carbonyl (C=O) groups is 1. The van der Waals surface area contributed by atoms with Crippen LogP contribution in [0.2, 0.25) is 0 Å². The zero-order chi connectivity index (χ0) is 15.4. The molecule has 0 saturated carbocycles. The molecule has 5 nitrogen and oxygen atoms in total. The van der Waals surface area contributed by atoms with Crippen LogP contribution in [0.15, 0.2) is 41.2 Å². The van der Waals surface area contributed by atoms with E-state index in [-0.39, 0.29) is 17.0 Å². The minimum atomic E-state index is -0.753. The Balaban J connectivity index is 2.67. The van der Waals surface area contributed by atoms with Crippen molar-refractivity contribution < 1.29 is 9.90 Å². The zero-order valence-corrected chi connectivity index (χ0v) is 11.9. The number of carbonyl (C=O) groups excluding carboxylic acids is 1. The molecule has 1 aromatic carbocycles. The number of aromatic hydroxyl groups is 1. The van der Waals surface area contributed by atoms with E-state index in [1.54, 1.807) is 24.3 Å².